The molecular formula is C13H22N4O2S. The minimum Gasteiger partial charge on any atom is -0.368 e. The van der Waals surface area contributed by atoms with E-state index in [1.807, 2.05) is 6.92 Å². The van der Waals surface area contributed by atoms with Crippen LogP contribution in [0.1, 0.15) is 32.0 Å². The summed E-state index contributed by atoms with van der Waals surface area (Å²) in [7, 11) is 0. The number of thioether (sulfide) groups is 1. The molecule has 1 aromatic rings. The van der Waals surface area contributed by atoms with Crippen molar-refractivity contribution < 1.29 is 9.53 Å². The van der Waals surface area contributed by atoms with Crippen LogP contribution >= 0.6 is 11.8 Å². The van der Waals surface area contributed by atoms with Crippen LogP contribution in [0.2, 0.25) is 0 Å². The SMILES string of the molecule is CCn1c(C)nnc1SCCNC(=O)C1CCCCO1. The van der Waals surface area contributed by atoms with Crippen molar-refractivity contribution in [2.45, 2.75) is 50.9 Å². The Morgan fingerprint density at radius 3 is 3.05 bits per heavy atom. The number of hydrogen-bond acceptors (Lipinski definition) is 5. The predicted molar refractivity (Wildman–Crippen MR) is 77.8 cm³/mol. The zero-order valence-electron chi connectivity index (χ0n) is 12.1. The molecule has 1 aromatic heterocycles. The maximum absolute atomic E-state index is 11.9. The van der Waals surface area contributed by atoms with Crippen LogP contribution in [0.5, 0.6) is 0 Å². The van der Waals surface area contributed by atoms with Crippen molar-refractivity contribution in [3.63, 3.8) is 0 Å². The van der Waals surface area contributed by atoms with Gasteiger partial charge in [0.1, 0.15) is 11.9 Å². The summed E-state index contributed by atoms with van der Waals surface area (Å²) in [4.78, 5) is 11.9. The van der Waals surface area contributed by atoms with Gasteiger partial charge in [-0.25, -0.2) is 0 Å². The molecule has 0 spiro atoms. The van der Waals surface area contributed by atoms with E-state index in [0.717, 1.165) is 42.5 Å². The van der Waals surface area contributed by atoms with Crippen molar-refractivity contribution in [1.82, 2.24) is 20.1 Å². The summed E-state index contributed by atoms with van der Waals surface area (Å²) >= 11 is 1.61. The van der Waals surface area contributed by atoms with Crippen LogP contribution < -0.4 is 5.32 Å². The minimum absolute atomic E-state index is 0.0124. The zero-order chi connectivity index (χ0) is 14.4. The van der Waals surface area contributed by atoms with E-state index in [4.69, 9.17) is 4.74 Å². The first-order chi connectivity index (χ1) is 9.72. The molecule has 1 saturated heterocycles. The third-order valence-corrected chi connectivity index (χ3v) is 4.29. The molecule has 2 rings (SSSR count). The highest BCUT2D eigenvalue weighted by atomic mass is 32.2. The van der Waals surface area contributed by atoms with Crippen molar-refractivity contribution in [1.29, 1.82) is 0 Å². The summed E-state index contributed by atoms with van der Waals surface area (Å²) in [6.45, 7) is 6.21. The molecule has 0 saturated carbocycles. The van der Waals surface area contributed by atoms with E-state index in [0.29, 0.717) is 13.2 Å². The van der Waals surface area contributed by atoms with Gasteiger partial charge in [-0.15, -0.1) is 10.2 Å². The number of nitrogens with one attached hydrogen (secondary N) is 1. The van der Waals surface area contributed by atoms with Crippen LogP contribution in [0.4, 0.5) is 0 Å². The lowest BCUT2D eigenvalue weighted by Gasteiger charge is -2.21. The van der Waals surface area contributed by atoms with Gasteiger partial charge >= 0.3 is 0 Å². The van der Waals surface area contributed by atoms with Crippen LogP contribution in [0.25, 0.3) is 0 Å². The summed E-state index contributed by atoms with van der Waals surface area (Å²) < 4.78 is 7.52. The van der Waals surface area contributed by atoms with E-state index < -0.39 is 0 Å². The molecule has 0 aromatic carbocycles. The summed E-state index contributed by atoms with van der Waals surface area (Å²) in [5.41, 5.74) is 0. The molecule has 6 nitrogen and oxygen atoms in total. The Morgan fingerprint density at radius 2 is 2.35 bits per heavy atom. The Balaban J connectivity index is 1.69. The number of carbonyl (C=O) groups is 1. The molecule has 1 aliphatic rings. The monoisotopic (exact) mass is 298 g/mol. The predicted octanol–water partition coefficient (Wildman–Crippen LogP) is 1.38. The largest absolute Gasteiger partial charge is 0.368 e. The fraction of sp³-hybridized carbons (Fsp3) is 0.769. The van der Waals surface area contributed by atoms with Crippen LogP contribution in [0, 0.1) is 6.92 Å². The van der Waals surface area contributed by atoms with E-state index in [1.165, 1.54) is 0 Å². The highest BCUT2D eigenvalue weighted by Crippen LogP contribution is 2.16. The number of ether oxygens (including phenoxy) is 1. The molecule has 7 heteroatoms. The Bertz CT molecular complexity index is 444. The second kappa shape index (κ2) is 7.64. The first-order valence-electron chi connectivity index (χ1n) is 7.14. The molecule has 20 heavy (non-hydrogen) atoms. The van der Waals surface area contributed by atoms with Gasteiger partial charge in [0.15, 0.2) is 5.16 Å². The van der Waals surface area contributed by atoms with Crippen LogP contribution in [0.15, 0.2) is 5.16 Å². The van der Waals surface area contributed by atoms with E-state index in [9.17, 15) is 4.79 Å². The number of carbonyl (C=O) groups excluding carboxylic acids is 1. The van der Waals surface area contributed by atoms with Gasteiger partial charge < -0.3 is 14.6 Å². The maximum atomic E-state index is 11.9. The molecule has 0 aliphatic carbocycles. The molecule has 1 atom stereocenters. The average molecular weight is 298 g/mol. The molecule has 112 valence electrons. The second-order valence-corrected chi connectivity index (χ2v) is 5.83. The zero-order valence-corrected chi connectivity index (χ0v) is 12.9. The molecule has 1 N–H and O–H groups in total. The Morgan fingerprint density at radius 1 is 1.50 bits per heavy atom. The number of nitrogens with zero attached hydrogens (tertiary/aromatic N) is 3. The fourth-order valence-corrected chi connectivity index (χ4v) is 3.11. The molecule has 1 aliphatic heterocycles. The van der Waals surface area contributed by atoms with Gasteiger partial charge in [-0.3, -0.25) is 4.79 Å². The average Bonchev–Trinajstić information content (AvgIpc) is 2.84. The number of rotatable bonds is 6. The van der Waals surface area contributed by atoms with Gasteiger partial charge in [-0.2, -0.15) is 0 Å². The number of aromatic nitrogens is 3. The van der Waals surface area contributed by atoms with Crippen LogP contribution in [-0.4, -0.2) is 45.7 Å². The summed E-state index contributed by atoms with van der Waals surface area (Å²) in [5, 5.41) is 12.0. The normalized spacial score (nSPS) is 19.0. The lowest BCUT2D eigenvalue weighted by molar-refractivity contribution is -0.135. The van der Waals surface area contributed by atoms with Gasteiger partial charge in [-0.1, -0.05) is 11.8 Å². The van der Waals surface area contributed by atoms with Gasteiger partial charge in [-0.05, 0) is 33.1 Å². The van der Waals surface area contributed by atoms with Crippen molar-refractivity contribution in [2.24, 2.45) is 0 Å². The third kappa shape index (κ3) is 3.96. The Hall–Kier alpha value is -1.08. The summed E-state index contributed by atoms with van der Waals surface area (Å²) in [5.74, 6) is 1.73. The van der Waals surface area contributed by atoms with E-state index in [-0.39, 0.29) is 12.0 Å². The minimum atomic E-state index is -0.254. The van der Waals surface area contributed by atoms with Crippen LogP contribution in [0.3, 0.4) is 0 Å². The fourth-order valence-electron chi connectivity index (χ4n) is 2.21. The standard InChI is InChI=1S/C13H22N4O2S/c1-3-17-10(2)15-16-13(17)20-9-7-14-12(18)11-6-4-5-8-19-11/h11H,3-9H2,1-2H3,(H,14,18). The number of amides is 1. The van der Waals surface area contributed by atoms with Crippen molar-refractivity contribution in [3.8, 4) is 0 Å². The Kier molecular flexibility index (Phi) is 5.85. The first kappa shape index (κ1) is 15.3. The van der Waals surface area contributed by atoms with Crippen molar-refractivity contribution in [3.05, 3.63) is 5.82 Å². The van der Waals surface area contributed by atoms with Gasteiger partial charge in [0, 0.05) is 25.4 Å². The number of aryl methyl sites for hydroxylation is 1. The first-order valence-corrected chi connectivity index (χ1v) is 8.13. The van der Waals surface area contributed by atoms with Crippen molar-refractivity contribution >= 4 is 17.7 Å². The molecule has 1 amide bonds. The van der Waals surface area contributed by atoms with Gasteiger partial charge in [0.05, 0.1) is 0 Å². The van der Waals surface area contributed by atoms with Gasteiger partial charge in [0.25, 0.3) is 0 Å². The van der Waals surface area contributed by atoms with Gasteiger partial charge in [0.2, 0.25) is 5.91 Å². The highest BCUT2D eigenvalue weighted by molar-refractivity contribution is 7.99. The third-order valence-electron chi connectivity index (χ3n) is 3.32. The molecule has 1 fully saturated rings. The van der Waals surface area contributed by atoms with E-state index >= 15 is 0 Å². The topological polar surface area (TPSA) is 69.0 Å². The van der Waals surface area contributed by atoms with Crippen LogP contribution in [-0.2, 0) is 16.1 Å². The lowest BCUT2D eigenvalue weighted by atomic mass is 10.1. The molecule has 1 unspecified atom stereocenters. The van der Waals surface area contributed by atoms with E-state index in [1.54, 1.807) is 11.8 Å². The highest BCUT2D eigenvalue weighted by Gasteiger charge is 2.21. The maximum Gasteiger partial charge on any atom is 0.249 e. The molecule has 2 heterocycles. The molecule has 0 radical (unpaired) electrons. The lowest BCUT2D eigenvalue weighted by Crippen LogP contribution is -2.39. The quantitative estimate of drug-likeness (QED) is 0.635. The molecule has 0 bridgehead atoms. The number of hydrogen-bond donors (Lipinski definition) is 1. The smallest absolute Gasteiger partial charge is 0.249 e. The summed E-state index contributed by atoms with van der Waals surface area (Å²) in [6, 6.07) is 0. The van der Waals surface area contributed by atoms with Crippen molar-refractivity contribution in [2.75, 3.05) is 18.9 Å². The Labute approximate surface area is 123 Å². The molecular weight excluding hydrogens is 276 g/mol. The van der Waals surface area contributed by atoms with E-state index in [2.05, 4.69) is 27.0 Å². The summed E-state index contributed by atoms with van der Waals surface area (Å²) in [6.07, 6.45) is 2.72. The second-order valence-electron chi connectivity index (χ2n) is 4.77.